The Morgan fingerprint density at radius 2 is 1.81 bits per heavy atom. The summed E-state index contributed by atoms with van der Waals surface area (Å²) in [7, 11) is 0. The Bertz CT molecular complexity index is 562. The van der Waals surface area contributed by atoms with E-state index >= 15 is 0 Å². The molecule has 0 radical (unpaired) electrons. The number of hydrogen-bond donors (Lipinski definition) is 1. The molecule has 110 valence electrons. The smallest absolute Gasteiger partial charge is 0.238 e. The summed E-state index contributed by atoms with van der Waals surface area (Å²) < 4.78 is 0. The molecule has 1 saturated heterocycles. The van der Waals surface area contributed by atoms with Crippen LogP contribution >= 0.6 is 11.3 Å². The van der Waals surface area contributed by atoms with Crippen LogP contribution in [-0.2, 0) is 4.79 Å². The number of rotatable bonds is 4. The molecule has 2 heterocycles. The molecule has 3 rings (SSSR count). The van der Waals surface area contributed by atoms with Crippen LogP contribution in [0.5, 0.6) is 0 Å². The quantitative estimate of drug-likeness (QED) is 0.942. The number of anilines is 2. The molecule has 1 aromatic carbocycles. The van der Waals surface area contributed by atoms with Gasteiger partial charge >= 0.3 is 0 Å². The maximum Gasteiger partial charge on any atom is 0.238 e. The van der Waals surface area contributed by atoms with Crippen molar-refractivity contribution >= 4 is 27.9 Å². The van der Waals surface area contributed by atoms with Gasteiger partial charge in [-0.05, 0) is 29.6 Å². The standard InChI is InChI=1S/C16H19N3OS/c20-15(17-14-5-2-1-3-6-14)13-18-8-10-19(11-9-18)16-7-4-12-21-16/h1-7,12H,8-11,13H2,(H,17,20). The summed E-state index contributed by atoms with van der Waals surface area (Å²) >= 11 is 1.77. The predicted octanol–water partition coefficient (Wildman–Crippen LogP) is 2.51. The van der Waals surface area contributed by atoms with Crippen molar-refractivity contribution in [2.24, 2.45) is 0 Å². The lowest BCUT2D eigenvalue weighted by atomic mass is 10.3. The molecule has 1 fully saturated rings. The number of amides is 1. The van der Waals surface area contributed by atoms with Gasteiger partial charge in [0.25, 0.3) is 0 Å². The molecule has 1 aliphatic heterocycles. The highest BCUT2D eigenvalue weighted by Crippen LogP contribution is 2.22. The normalized spacial score (nSPS) is 15.9. The fourth-order valence-electron chi connectivity index (χ4n) is 2.50. The lowest BCUT2D eigenvalue weighted by Gasteiger charge is -2.34. The van der Waals surface area contributed by atoms with E-state index in [1.807, 2.05) is 30.3 Å². The highest BCUT2D eigenvalue weighted by Gasteiger charge is 2.19. The molecule has 4 nitrogen and oxygen atoms in total. The fourth-order valence-corrected chi connectivity index (χ4v) is 3.29. The van der Waals surface area contributed by atoms with Gasteiger partial charge in [-0.25, -0.2) is 0 Å². The van der Waals surface area contributed by atoms with Crippen molar-refractivity contribution in [3.8, 4) is 0 Å². The monoisotopic (exact) mass is 301 g/mol. The van der Waals surface area contributed by atoms with Crippen LogP contribution < -0.4 is 10.2 Å². The second kappa shape index (κ2) is 6.74. The van der Waals surface area contributed by atoms with Gasteiger partial charge in [0, 0.05) is 31.9 Å². The second-order valence-electron chi connectivity index (χ2n) is 5.13. The minimum Gasteiger partial charge on any atom is -0.361 e. The molecule has 2 aromatic rings. The number of piperazine rings is 1. The third-order valence-corrected chi connectivity index (χ3v) is 4.54. The second-order valence-corrected chi connectivity index (χ2v) is 6.05. The summed E-state index contributed by atoms with van der Waals surface area (Å²) in [4.78, 5) is 16.6. The summed E-state index contributed by atoms with van der Waals surface area (Å²) in [6.45, 7) is 4.30. The van der Waals surface area contributed by atoms with E-state index in [0.29, 0.717) is 6.54 Å². The molecule has 0 saturated carbocycles. The molecule has 0 unspecified atom stereocenters. The number of carbonyl (C=O) groups excluding carboxylic acids is 1. The van der Waals surface area contributed by atoms with Gasteiger partial charge in [-0.15, -0.1) is 11.3 Å². The Kier molecular flexibility index (Phi) is 4.52. The molecule has 1 N–H and O–H groups in total. The van der Waals surface area contributed by atoms with Crippen LogP contribution in [0.4, 0.5) is 10.7 Å². The molecule has 0 bridgehead atoms. The first-order valence-corrected chi connectivity index (χ1v) is 8.05. The first-order valence-electron chi connectivity index (χ1n) is 7.17. The zero-order valence-electron chi connectivity index (χ0n) is 11.9. The molecular formula is C16H19N3OS. The number of nitrogens with zero attached hydrogens (tertiary/aromatic N) is 2. The van der Waals surface area contributed by atoms with Gasteiger partial charge in [-0.1, -0.05) is 18.2 Å². The number of nitrogens with one attached hydrogen (secondary N) is 1. The van der Waals surface area contributed by atoms with Gasteiger partial charge in [0.15, 0.2) is 0 Å². The van der Waals surface area contributed by atoms with Crippen molar-refractivity contribution in [2.75, 3.05) is 42.9 Å². The van der Waals surface area contributed by atoms with Crippen LogP contribution in [0.1, 0.15) is 0 Å². The number of carbonyl (C=O) groups is 1. The van der Waals surface area contributed by atoms with Crippen LogP contribution in [0.15, 0.2) is 47.8 Å². The number of para-hydroxylation sites is 1. The predicted molar refractivity (Wildman–Crippen MR) is 88.0 cm³/mol. The molecule has 1 aliphatic rings. The van der Waals surface area contributed by atoms with E-state index in [2.05, 4.69) is 32.6 Å². The van der Waals surface area contributed by atoms with E-state index in [9.17, 15) is 4.79 Å². The van der Waals surface area contributed by atoms with Gasteiger partial charge in [0.1, 0.15) is 0 Å². The van der Waals surface area contributed by atoms with Gasteiger partial charge in [0.2, 0.25) is 5.91 Å². The lowest BCUT2D eigenvalue weighted by molar-refractivity contribution is -0.117. The Morgan fingerprint density at radius 3 is 2.48 bits per heavy atom. The Hall–Kier alpha value is -1.85. The molecule has 1 amide bonds. The Labute approximate surface area is 129 Å². The van der Waals surface area contributed by atoms with Crippen LogP contribution in [-0.4, -0.2) is 43.5 Å². The van der Waals surface area contributed by atoms with E-state index in [1.54, 1.807) is 11.3 Å². The zero-order valence-corrected chi connectivity index (χ0v) is 12.7. The SMILES string of the molecule is O=C(CN1CCN(c2cccs2)CC1)Nc1ccccc1. The van der Waals surface area contributed by atoms with E-state index in [0.717, 1.165) is 31.9 Å². The fraction of sp³-hybridized carbons (Fsp3) is 0.312. The van der Waals surface area contributed by atoms with Crippen molar-refractivity contribution in [1.82, 2.24) is 4.90 Å². The number of benzene rings is 1. The Balaban J connectivity index is 1.46. The van der Waals surface area contributed by atoms with Crippen molar-refractivity contribution in [3.05, 3.63) is 47.8 Å². The summed E-state index contributed by atoms with van der Waals surface area (Å²) in [6, 6.07) is 13.9. The van der Waals surface area contributed by atoms with Crippen LogP contribution in [0, 0.1) is 0 Å². The van der Waals surface area contributed by atoms with E-state index < -0.39 is 0 Å². The van der Waals surface area contributed by atoms with Crippen LogP contribution in [0.25, 0.3) is 0 Å². The lowest BCUT2D eigenvalue weighted by Crippen LogP contribution is -2.48. The van der Waals surface area contributed by atoms with Crippen LogP contribution in [0.2, 0.25) is 0 Å². The zero-order chi connectivity index (χ0) is 14.5. The van der Waals surface area contributed by atoms with Gasteiger partial charge in [-0.3, -0.25) is 9.69 Å². The molecule has 0 aliphatic carbocycles. The van der Waals surface area contributed by atoms with E-state index in [1.165, 1.54) is 5.00 Å². The van der Waals surface area contributed by atoms with Crippen molar-refractivity contribution in [1.29, 1.82) is 0 Å². The third kappa shape index (κ3) is 3.83. The Morgan fingerprint density at radius 1 is 1.05 bits per heavy atom. The van der Waals surface area contributed by atoms with Crippen LogP contribution in [0.3, 0.4) is 0 Å². The average molecular weight is 301 g/mol. The van der Waals surface area contributed by atoms with Gasteiger partial charge in [0.05, 0.1) is 11.5 Å². The molecular weight excluding hydrogens is 282 g/mol. The molecule has 1 aromatic heterocycles. The first kappa shape index (κ1) is 14.1. The van der Waals surface area contributed by atoms with Crippen molar-refractivity contribution in [3.63, 3.8) is 0 Å². The summed E-state index contributed by atoms with van der Waals surface area (Å²) in [5.74, 6) is 0.0609. The van der Waals surface area contributed by atoms with Crippen molar-refractivity contribution < 1.29 is 4.79 Å². The minimum atomic E-state index is 0.0609. The van der Waals surface area contributed by atoms with Gasteiger partial charge in [-0.2, -0.15) is 0 Å². The number of hydrogen-bond acceptors (Lipinski definition) is 4. The minimum absolute atomic E-state index is 0.0609. The summed E-state index contributed by atoms with van der Waals surface area (Å²) in [6.07, 6.45) is 0. The summed E-state index contributed by atoms with van der Waals surface area (Å²) in [5, 5.41) is 6.36. The molecule has 21 heavy (non-hydrogen) atoms. The topological polar surface area (TPSA) is 35.6 Å². The maximum atomic E-state index is 12.0. The first-order chi connectivity index (χ1) is 10.3. The van der Waals surface area contributed by atoms with E-state index in [4.69, 9.17) is 0 Å². The molecule has 5 heteroatoms. The number of thiophene rings is 1. The molecule has 0 atom stereocenters. The highest BCUT2D eigenvalue weighted by molar-refractivity contribution is 7.14. The molecule has 0 spiro atoms. The van der Waals surface area contributed by atoms with Gasteiger partial charge < -0.3 is 10.2 Å². The highest BCUT2D eigenvalue weighted by atomic mass is 32.1. The largest absolute Gasteiger partial charge is 0.361 e. The van der Waals surface area contributed by atoms with E-state index in [-0.39, 0.29) is 5.91 Å². The van der Waals surface area contributed by atoms with Crippen molar-refractivity contribution in [2.45, 2.75) is 0 Å². The maximum absolute atomic E-state index is 12.0. The summed E-state index contributed by atoms with van der Waals surface area (Å²) in [5.41, 5.74) is 0.861. The average Bonchev–Trinajstić information content (AvgIpc) is 3.03. The third-order valence-electron chi connectivity index (χ3n) is 3.61.